The maximum absolute atomic E-state index is 12.6. The van der Waals surface area contributed by atoms with Crippen molar-refractivity contribution in [1.29, 1.82) is 0 Å². The smallest absolute Gasteiger partial charge is 0.312 e. The summed E-state index contributed by atoms with van der Waals surface area (Å²) in [5, 5.41) is 2.60. The molecule has 0 aliphatic carbocycles. The lowest BCUT2D eigenvalue weighted by Crippen LogP contribution is -2.50. The van der Waals surface area contributed by atoms with Crippen LogP contribution in [0, 0.1) is 0 Å². The molecule has 0 spiro atoms. The molecule has 0 saturated carbocycles. The maximum atomic E-state index is 12.6. The quantitative estimate of drug-likeness (QED) is 0.884. The first-order chi connectivity index (χ1) is 9.59. The highest BCUT2D eigenvalue weighted by Crippen LogP contribution is 2.23. The second kappa shape index (κ2) is 6.74. The van der Waals surface area contributed by atoms with Crippen molar-refractivity contribution in [2.75, 3.05) is 13.1 Å². The van der Waals surface area contributed by atoms with E-state index in [1.165, 1.54) is 0 Å². The molecule has 1 fully saturated rings. The van der Waals surface area contributed by atoms with E-state index >= 15 is 0 Å². The van der Waals surface area contributed by atoms with Gasteiger partial charge in [-0.05, 0) is 47.3 Å². The molecule has 1 aliphatic heterocycles. The van der Waals surface area contributed by atoms with E-state index in [1.807, 2.05) is 23.1 Å². The molecule has 0 radical (unpaired) electrons. The van der Waals surface area contributed by atoms with E-state index in [2.05, 4.69) is 21.2 Å². The summed E-state index contributed by atoms with van der Waals surface area (Å²) >= 11 is 3.41. The summed E-state index contributed by atoms with van der Waals surface area (Å²) in [5.41, 5.74) is 5.76. The maximum Gasteiger partial charge on any atom is 0.312 e. The fourth-order valence-electron chi connectivity index (χ4n) is 2.49. The van der Waals surface area contributed by atoms with Gasteiger partial charge in [0.05, 0.1) is 5.56 Å². The minimum atomic E-state index is -0.552. The van der Waals surface area contributed by atoms with Crippen LogP contribution in [0.1, 0.15) is 29.6 Å². The molecule has 20 heavy (non-hydrogen) atoms. The Kier molecular flexibility index (Phi) is 5.00. The largest absolute Gasteiger partial charge is 0.352 e. The third-order valence-corrected chi connectivity index (χ3v) is 4.20. The van der Waals surface area contributed by atoms with E-state index in [0.29, 0.717) is 18.7 Å². The molecule has 0 aromatic heterocycles. The Labute approximate surface area is 126 Å². The number of urea groups is 1. The summed E-state index contributed by atoms with van der Waals surface area (Å²) in [4.78, 5) is 25.3. The Morgan fingerprint density at radius 2 is 2.10 bits per heavy atom. The van der Waals surface area contributed by atoms with Crippen molar-refractivity contribution in [2.24, 2.45) is 5.73 Å². The number of benzene rings is 1. The zero-order chi connectivity index (χ0) is 14.5. The number of piperidine rings is 1. The minimum absolute atomic E-state index is 0.00607. The van der Waals surface area contributed by atoms with Gasteiger partial charge < -0.3 is 16.0 Å². The first-order valence-corrected chi connectivity index (χ1v) is 7.47. The van der Waals surface area contributed by atoms with Gasteiger partial charge in [0.25, 0.3) is 5.91 Å². The molecule has 1 aromatic rings. The van der Waals surface area contributed by atoms with Crippen molar-refractivity contribution in [3.63, 3.8) is 0 Å². The van der Waals surface area contributed by atoms with E-state index in [-0.39, 0.29) is 11.9 Å². The Balaban J connectivity index is 2.13. The number of nitrogens with zero attached hydrogens (tertiary/aromatic N) is 1. The fourth-order valence-corrected chi connectivity index (χ4v) is 2.94. The van der Waals surface area contributed by atoms with Crippen LogP contribution < -0.4 is 11.1 Å². The van der Waals surface area contributed by atoms with Gasteiger partial charge in [-0.2, -0.15) is 0 Å². The predicted molar refractivity (Wildman–Crippen MR) is 80.4 cm³/mol. The van der Waals surface area contributed by atoms with Crippen LogP contribution in [-0.4, -0.2) is 36.0 Å². The molecular weight excluding hydrogens is 322 g/mol. The van der Waals surface area contributed by atoms with Crippen LogP contribution in [0.4, 0.5) is 4.79 Å². The molecule has 3 N–H and O–H groups in total. The zero-order valence-corrected chi connectivity index (χ0v) is 12.7. The van der Waals surface area contributed by atoms with E-state index in [1.54, 1.807) is 6.07 Å². The van der Waals surface area contributed by atoms with E-state index in [4.69, 9.17) is 5.73 Å². The summed E-state index contributed by atoms with van der Waals surface area (Å²) in [5.74, 6) is -0.00607. The average molecular weight is 340 g/mol. The van der Waals surface area contributed by atoms with Crippen molar-refractivity contribution in [3.05, 3.63) is 34.3 Å². The van der Waals surface area contributed by atoms with Crippen molar-refractivity contribution >= 4 is 27.9 Å². The molecule has 1 aliphatic rings. The molecule has 1 aromatic carbocycles. The van der Waals surface area contributed by atoms with Crippen LogP contribution in [-0.2, 0) is 0 Å². The number of nitrogens with two attached hydrogens (primary N) is 1. The number of hydrogen-bond acceptors (Lipinski definition) is 2. The van der Waals surface area contributed by atoms with Crippen molar-refractivity contribution in [1.82, 2.24) is 10.2 Å². The lowest BCUT2D eigenvalue weighted by atomic mass is 10.0. The summed E-state index contributed by atoms with van der Waals surface area (Å²) in [6.07, 6.45) is 2.94. The van der Waals surface area contributed by atoms with Gasteiger partial charge in [0.15, 0.2) is 0 Å². The first-order valence-electron chi connectivity index (χ1n) is 6.68. The minimum Gasteiger partial charge on any atom is -0.352 e. The van der Waals surface area contributed by atoms with Crippen LogP contribution in [0.5, 0.6) is 0 Å². The number of rotatable bonds is 3. The zero-order valence-electron chi connectivity index (χ0n) is 11.1. The summed E-state index contributed by atoms with van der Waals surface area (Å²) in [6.45, 7) is 1.12. The van der Waals surface area contributed by atoms with Crippen LogP contribution in [0.2, 0.25) is 0 Å². The molecule has 108 valence electrons. The van der Waals surface area contributed by atoms with Crippen LogP contribution in [0.15, 0.2) is 28.7 Å². The van der Waals surface area contributed by atoms with Gasteiger partial charge in [-0.3, -0.25) is 4.79 Å². The molecule has 6 heteroatoms. The van der Waals surface area contributed by atoms with Crippen LogP contribution >= 0.6 is 15.9 Å². The van der Waals surface area contributed by atoms with Crippen molar-refractivity contribution in [2.45, 2.75) is 25.3 Å². The molecule has 1 saturated heterocycles. The number of carbonyl (C=O) groups is 2. The van der Waals surface area contributed by atoms with Crippen molar-refractivity contribution < 1.29 is 9.59 Å². The lowest BCUT2D eigenvalue weighted by molar-refractivity contribution is 0.0614. The second-order valence-electron chi connectivity index (χ2n) is 4.87. The number of primary amides is 1. The van der Waals surface area contributed by atoms with Gasteiger partial charge in [0, 0.05) is 23.6 Å². The number of carbonyl (C=O) groups excluding carboxylic acids is 2. The normalized spacial score (nSPS) is 18.6. The number of amides is 3. The van der Waals surface area contributed by atoms with E-state index < -0.39 is 6.03 Å². The van der Waals surface area contributed by atoms with E-state index in [0.717, 1.165) is 23.7 Å². The Bertz CT molecular complexity index is 507. The molecule has 5 nitrogen and oxygen atoms in total. The fraction of sp³-hybridized carbons (Fsp3) is 0.429. The summed E-state index contributed by atoms with van der Waals surface area (Å²) in [6, 6.07) is 6.84. The number of nitrogens with one attached hydrogen (secondary N) is 1. The number of halogens is 1. The highest BCUT2D eigenvalue weighted by Gasteiger charge is 2.28. The third kappa shape index (κ3) is 3.50. The van der Waals surface area contributed by atoms with Gasteiger partial charge in [0.1, 0.15) is 0 Å². The molecule has 3 amide bonds. The highest BCUT2D eigenvalue weighted by atomic mass is 79.9. The van der Waals surface area contributed by atoms with Gasteiger partial charge in [0.2, 0.25) is 0 Å². The van der Waals surface area contributed by atoms with Gasteiger partial charge in [-0.25, -0.2) is 4.79 Å². The molecule has 2 rings (SSSR count). The standard InChI is InChI=1S/C14H18BrN3O2/c15-12-7-2-1-6-11(12)13(19)18-8-4-3-5-10(18)9-17-14(16)20/h1-2,6-7,10H,3-5,8-9H2,(H3,16,17,20)/t10-/m0/s1. The topological polar surface area (TPSA) is 75.4 Å². The van der Waals surface area contributed by atoms with Gasteiger partial charge in [-0.1, -0.05) is 12.1 Å². The first kappa shape index (κ1) is 14.8. The second-order valence-corrected chi connectivity index (χ2v) is 5.73. The Hall–Kier alpha value is -1.56. The van der Waals surface area contributed by atoms with E-state index in [9.17, 15) is 9.59 Å². The monoisotopic (exact) mass is 339 g/mol. The molecule has 0 bridgehead atoms. The third-order valence-electron chi connectivity index (χ3n) is 3.50. The molecule has 1 heterocycles. The van der Waals surface area contributed by atoms with Crippen molar-refractivity contribution in [3.8, 4) is 0 Å². The number of hydrogen-bond donors (Lipinski definition) is 2. The highest BCUT2D eigenvalue weighted by molar-refractivity contribution is 9.10. The predicted octanol–water partition coefficient (Wildman–Crippen LogP) is 2.11. The van der Waals surface area contributed by atoms with Gasteiger partial charge >= 0.3 is 6.03 Å². The summed E-state index contributed by atoms with van der Waals surface area (Å²) in [7, 11) is 0. The van der Waals surface area contributed by atoms with Gasteiger partial charge in [-0.15, -0.1) is 0 Å². The van der Waals surface area contributed by atoms with Crippen LogP contribution in [0.25, 0.3) is 0 Å². The van der Waals surface area contributed by atoms with Crippen LogP contribution in [0.3, 0.4) is 0 Å². The average Bonchev–Trinajstić information content (AvgIpc) is 2.45. The number of likely N-dealkylation sites (tertiary alicyclic amines) is 1. The lowest BCUT2D eigenvalue weighted by Gasteiger charge is -2.36. The molecular formula is C14H18BrN3O2. The summed E-state index contributed by atoms with van der Waals surface area (Å²) < 4.78 is 0.789. The molecule has 0 unspecified atom stereocenters. The molecule has 1 atom stereocenters. The Morgan fingerprint density at radius 1 is 1.35 bits per heavy atom. The Morgan fingerprint density at radius 3 is 2.80 bits per heavy atom. The SMILES string of the molecule is NC(=O)NC[C@@H]1CCCCN1C(=O)c1ccccc1Br.